The zero-order chi connectivity index (χ0) is 11.7. The molecule has 1 fully saturated rings. The molecule has 2 aromatic rings. The third kappa shape index (κ3) is 2.17. The van der Waals surface area contributed by atoms with Crippen molar-refractivity contribution in [3.05, 3.63) is 35.4 Å². The predicted molar refractivity (Wildman–Crippen MR) is 69.5 cm³/mol. The minimum absolute atomic E-state index is 0.547. The first-order chi connectivity index (χ1) is 8.34. The van der Waals surface area contributed by atoms with Crippen LogP contribution in [0.1, 0.15) is 25.1 Å². The molecule has 1 atom stereocenters. The lowest BCUT2D eigenvalue weighted by molar-refractivity contribution is 0.394. The number of nitrogens with one attached hydrogen (secondary N) is 1. The second kappa shape index (κ2) is 4.67. The second-order valence-electron chi connectivity index (χ2n) is 4.63. The van der Waals surface area contributed by atoms with Crippen molar-refractivity contribution in [1.29, 1.82) is 0 Å². The lowest BCUT2D eigenvalue weighted by Gasteiger charge is -2.22. The van der Waals surface area contributed by atoms with Crippen LogP contribution in [-0.4, -0.2) is 22.0 Å². The largest absolute Gasteiger partial charge is 0.314 e. The maximum atomic E-state index is 6.14. The van der Waals surface area contributed by atoms with Gasteiger partial charge in [0, 0.05) is 18.7 Å². The third-order valence-corrected chi connectivity index (χ3v) is 3.70. The van der Waals surface area contributed by atoms with E-state index in [4.69, 9.17) is 11.6 Å². The van der Waals surface area contributed by atoms with Crippen molar-refractivity contribution < 1.29 is 0 Å². The Hall–Kier alpha value is -1.06. The van der Waals surface area contributed by atoms with Crippen molar-refractivity contribution in [3.8, 4) is 0 Å². The van der Waals surface area contributed by atoms with Crippen molar-refractivity contribution in [3.63, 3.8) is 0 Å². The molecule has 0 radical (unpaired) electrons. The molecule has 0 aliphatic carbocycles. The molecule has 1 unspecified atom stereocenters. The Balaban J connectivity index is 1.89. The van der Waals surface area contributed by atoms with Crippen molar-refractivity contribution in [1.82, 2.24) is 14.7 Å². The van der Waals surface area contributed by atoms with E-state index in [1.807, 2.05) is 24.4 Å². The average Bonchev–Trinajstić information content (AvgIpc) is 2.69. The lowest BCUT2D eigenvalue weighted by atomic mass is 10.0. The first-order valence-electron chi connectivity index (χ1n) is 6.19. The van der Waals surface area contributed by atoms with E-state index in [2.05, 4.69) is 14.7 Å². The fourth-order valence-electron chi connectivity index (χ4n) is 2.52. The molecule has 3 nitrogen and oxygen atoms in total. The van der Waals surface area contributed by atoms with Gasteiger partial charge in [-0.15, -0.1) is 0 Å². The van der Waals surface area contributed by atoms with Gasteiger partial charge < -0.3 is 9.72 Å². The Morgan fingerprint density at radius 2 is 2.35 bits per heavy atom. The quantitative estimate of drug-likeness (QED) is 0.887. The first-order valence-corrected chi connectivity index (χ1v) is 6.57. The molecule has 1 saturated heterocycles. The maximum absolute atomic E-state index is 6.14. The van der Waals surface area contributed by atoms with Crippen molar-refractivity contribution in [2.24, 2.45) is 0 Å². The molecule has 0 bridgehead atoms. The molecule has 1 aliphatic heterocycles. The average molecular weight is 250 g/mol. The zero-order valence-electron chi connectivity index (χ0n) is 9.69. The Morgan fingerprint density at radius 3 is 3.18 bits per heavy atom. The van der Waals surface area contributed by atoms with Crippen LogP contribution in [-0.2, 0) is 6.42 Å². The van der Waals surface area contributed by atoms with Gasteiger partial charge in [0.1, 0.15) is 5.82 Å². The SMILES string of the molecule is Clc1nc(CC2CCCCN2)n2ccccc12. The summed E-state index contributed by atoms with van der Waals surface area (Å²) in [7, 11) is 0. The van der Waals surface area contributed by atoms with Crippen LogP contribution in [0.25, 0.3) is 5.52 Å². The van der Waals surface area contributed by atoms with Gasteiger partial charge in [-0.2, -0.15) is 0 Å². The predicted octanol–water partition coefficient (Wildman–Crippen LogP) is 2.67. The van der Waals surface area contributed by atoms with Crippen LogP contribution < -0.4 is 5.32 Å². The van der Waals surface area contributed by atoms with E-state index in [0.29, 0.717) is 11.2 Å². The molecule has 0 aromatic carbocycles. The van der Waals surface area contributed by atoms with E-state index in [1.165, 1.54) is 19.3 Å². The Bertz CT molecular complexity index is 514. The highest BCUT2D eigenvalue weighted by molar-refractivity contribution is 6.32. The summed E-state index contributed by atoms with van der Waals surface area (Å²) in [4.78, 5) is 4.47. The number of nitrogens with zero attached hydrogens (tertiary/aromatic N) is 2. The summed E-state index contributed by atoms with van der Waals surface area (Å²) >= 11 is 6.14. The van der Waals surface area contributed by atoms with Gasteiger partial charge in [-0.25, -0.2) is 4.98 Å². The number of pyridine rings is 1. The number of halogens is 1. The molecule has 0 spiro atoms. The van der Waals surface area contributed by atoms with Gasteiger partial charge in [-0.3, -0.25) is 0 Å². The monoisotopic (exact) mass is 249 g/mol. The fraction of sp³-hybridized carbons (Fsp3) is 0.462. The van der Waals surface area contributed by atoms with Crippen LogP contribution in [0.2, 0.25) is 5.15 Å². The van der Waals surface area contributed by atoms with Gasteiger partial charge >= 0.3 is 0 Å². The molecule has 1 aliphatic rings. The van der Waals surface area contributed by atoms with Crippen LogP contribution >= 0.6 is 11.6 Å². The maximum Gasteiger partial charge on any atom is 0.155 e. The highest BCUT2D eigenvalue weighted by Crippen LogP contribution is 2.20. The van der Waals surface area contributed by atoms with E-state index in [0.717, 1.165) is 24.3 Å². The zero-order valence-corrected chi connectivity index (χ0v) is 10.5. The minimum atomic E-state index is 0.547. The Labute approximate surface area is 106 Å². The van der Waals surface area contributed by atoms with Gasteiger partial charge in [-0.05, 0) is 31.5 Å². The van der Waals surface area contributed by atoms with Crippen molar-refractivity contribution in [2.75, 3.05) is 6.54 Å². The Morgan fingerprint density at radius 1 is 1.41 bits per heavy atom. The third-order valence-electron chi connectivity index (χ3n) is 3.42. The second-order valence-corrected chi connectivity index (χ2v) is 4.98. The van der Waals surface area contributed by atoms with E-state index in [-0.39, 0.29) is 0 Å². The van der Waals surface area contributed by atoms with Crippen molar-refractivity contribution in [2.45, 2.75) is 31.7 Å². The topological polar surface area (TPSA) is 29.3 Å². The first kappa shape index (κ1) is 11.1. The molecular weight excluding hydrogens is 234 g/mol. The number of piperidine rings is 1. The lowest BCUT2D eigenvalue weighted by Crippen LogP contribution is -2.36. The van der Waals surface area contributed by atoms with Gasteiger partial charge in [-0.1, -0.05) is 24.1 Å². The smallest absolute Gasteiger partial charge is 0.155 e. The van der Waals surface area contributed by atoms with E-state index in [1.54, 1.807) is 0 Å². The molecule has 3 heterocycles. The number of fused-ring (bicyclic) bond motifs is 1. The minimum Gasteiger partial charge on any atom is -0.314 e. The Kier molecular flexibility index (Phi) is 3.04. The molecule has 17 heavy (non-hydrogen) atoms. The van der Waals surface area contributed by atoms with Crippen LogP contribution in [0.3, 0.4) is 0 Å². The molecule has 4 heteroatoms. The number of imidazole rings is 1. The molecular formula is C13H16ClN3. The highest BCUT2D eigenvalue weighted by Gasteiger charge is 2.17. The van der Waals surface area contributed by atoms with Crippen LogP contribution in [0.4, 0.5) is 0 Å². The summed E-state index contributed by atoms with van der Waals surface area (Å²) in [5.74, 6) is 1.06. The molecule has 0 saturated carbocycles. The van der Waals surface area contributed by atoms with Crippen LogP contribution in [0.5, 0.6) is 0 Å². The summed E-state index contributed by atoms with van der Waals surface area (Å²) < 4.78 is 2.10. The standard InChI is InChI=1S/C13H16ClN3/c14-13-11-6-2-4-8-17(11)12(16-13)9-10-5-1-3-7-15-10/h2,4,6,8,10,15H,1,3,5,7,9H2. The summed E-state index contributed by atoms with van der Waals surface area (Å²) in [6.45, 7) is 1.13. The van der Waals surface area contributed by atoms with Gasteiger partial charge in [0.25, 0.3) is 0 Å². The molecule has 2 aromatic heterocycles. The van der Waals surface area contributed by atoms with E-state index in [9.17, 15) is 0 Å². The molecule has 90 valence electrons. The van der Waals surface area contributed by atoms with E-state index >= 15 is 0 Å². The van der Waals surface area contributed by atoms with Gasteiger partial charge in [0.2, 0.25) is 0 Å². The summed E-state index contributed by atoms with van der Waals surface area (Å²) in [5, 5.41) is 4.15. The summed E-state index contributed by atoms with van der Waals surface area (Å²) in [6, 6.07) is 6.56. The van der Waals surface area contributed by atoms with Crippen LogP contribution in [0, 0.1) is 0 Å². The van der Waals surface area contributed by atoms with Crippen molar-refractivity contribution >= 4 is 17.1 Å². The number of aromatic nitrogens is 2. The van der Waals surface area contributed by atoms with Gasteiger partial charge in [0.15, 0.2) is 5.15 Å². The fourth-order valence-corrected chi connectivity index (χ4v) is 2.77. The number of rotatable bonds is 2. The number of hydrogen-bond donors (Lipinski definition) is 1. The van der Waals surface area contributed by atoms with Crippen LogP contribution in [0.15, 0.2) is 24.4 Å². The molecule has 1 N–H and O–H groups in total. The molecule has 3 rings (SSSR count). The van der Waals surface area contributed by atoms with E-state index < -0.39 is 0 Å². The highest BCUT2D eigenvalue weighted by atomic mass is 35.5. The molecule has 0 amide bonds. The summed E-state index contributed by atoms with van der Waals surface area (Å²) in [6.07, 6.45) is 6.83. The summed E-state index contributed by atoms with van der Waals surface area (Å²) in [5.41, 5.74) is 1.000. The van der Waals surface area contributed by atoms with Gasteiger partial charge in [0.05, 0.1) is 5.52 Å². The number of hydrogen-bond acceptors (Lipinski definition) is 2. The normalized spacial score (nSPS) is 20.9.